The van der Waals surface area contributed by atoms with Crippen molar-refractivity contribution >= 4 is 27.5 Å². The van der Waals surface area contributed by atoms with Crippen molar-refractivity contribution < 1.29 is 0 Å². The number of hydrogen-bond acceptors (Lipinski definition) is 1. The van der Waals surface area contributed by atoms with Crippen LogP contribution in [0.15, 0.2) is 46.9 Å². The molecule has 0 saturated heterocycles. The Morgan fingerprint density at radius 1 is 1.06 bits per heavy atom. The van der Waals surface area contributed by atoms with Crippen LogP contribution < -0.4 is 5.73 Å². The molecule has 2 N–H and O–H groups in total. The summed E-state index contributed by atoms with van der Waals surface area (Å²) in [6.07, 6.45) is 0. The second-order valence-electron chi connectivity index (χ2n) is 4.67. The summed E-state index contributed by atoms with van der Waals surface area (Å²) in [6, 6.07) is 14.0. The maximum Gasteiger partial charge on any atom is 0.0637 e. The van der Waals surface area contributed by atoms with E-state index in [9.17, 15) is 0 Å². The van der Waals surface area contributed by atoms with Gasteiger partial charge in [-0.05, 0) is 48.7 Å². The van der Waals surface area contributed by atoms with Crippen LogP contribution in [-0.2, 0) is 5.54 Å². The van der Waals surface area contributed by atoms with Crippen LogP contribution in [0.3, 0.4) is 0 Å². The molecule has 0 aromatic heterocycles. The summed E-state index contributed by atoms with van der Waals surface area (Å²) in [5.41, 5.74) is 9.05. The molecule has 0 spiro atoms. The van der Waals surface area contributed by atoms with Gasteiger partial charge in [0.1, 0.15) is 0 Å². The molecule has 2 rings (SSSR count). The lowest BCUT2D eigenvalue weighted by Crippen LogP contribution is -2.34. The first-order valence-electron chi connectivity index (χ1n) is 5.73. The largest absolute Gasteiger partial charge is 0.318 e. The van der Waals surface area contributed by atoms with Crippen molar-refractivity contribution in [1.29, 1.82) is 0 Å². The van der Waals surface area contributed by atoms with Gasteiger partial charge < -0.3 is 5.73 Å². The Kier molecular flexibility index (Phi) is 3.81. The number of benzene rings is 2. The van der Waals surface area contributed by atoms with E-state index < -0.39 is 5.54 Å². The van der Waals surface area contributed by atoms with Gasteiger partial charge in [0, 0.05) is 9.50 Å². The minimum Gasteiger partial charge on any atom is -0.318 e. The van der Waals surface area contributed by atoms with Gasteiger partial charge in [-0.1, -0.05) is 51.8 Å². The number of aryl methyl sites for hydroxylation is 1. The van der Waals surface area contributed by atoms with Crippen LogP contribution in [0, 0.1) is 6.92 Å². The molecule has 3 heteroatoms. The standard InChI is InChI=1S/C15H15BrClN/c1-10-3-4-12(9-14(10)17)15(2,18)11-5-7-13(16)8-6-11/h3-9H,18H2,1-2H3. The smallest absolute Gasteiger partial charge is 0.0637 e. The maximum absolute atomic E-state index is 6.45. The first-order valence-corrected chi connectivity index (χ1v) is 6.90. The lowest BCUT2D eigenvalue weighted by Gasteiger charge is -2.26. The summed E-state index contributed by atoms with van der Waals surface area (Å²) in [6.45, 7) is 3.98. The van der Waals surface area contributed by atoms with E-state index in [0.29, 0.717) is 0 Å². The monoisotopic (exact) mass is 323 g/mol. The summed E-state index contributed by atoms with van der Waals surface area (Å²) in [4.78, 5) is 0. The minimum absolute atomic E-state index is 0.544. The zero-order valence-electron chi connectivity index (χ0n) is 10.4. The molecule has 1 unspecified atom stereocenters. The molecular formula is C15H15BrClN. The summed E-state index contributed by atoms with van der Waals surface area (Å²) in [5.74, 6) is 0. The Hall–Kier alpha value is -0.830. The lowest BCUT2D eigenvalue weighted by molar-refractivity contribution is 0.603. The molecular weight excluding hydrogens is 310 g/mol. The van der Waals surface area contributed by atoms with Crippen LogP contribution in [0.1, 0.15) is 23.6 Å². The highest BCUT2D eigenvalue weighted by atomic mass is 79.9. The fourth-order valence-electron chi connectivity index (χ4n) is 1.88. The third-order valence-corrected chi connectivity index (χ3v) is 4.15. The summed E-state index contributed by atoms with van der Waals surface area (Å²) < 4.78 is 1.05. The molecule has 1 nitrogen and oxygen atoms in total. The predicted molar refractivity (Wildman–Crippen MR) is 81.0 cm³/mol. The number of halogens is 2. The van der Waals surface area contributed by atoms with Gasteiger partial charge >= 0.3 is 0 Å². The number of nitrogens with two attached hydrogens (primary N) is 1. The number of hydrogen-bond donors (Lipinski definition) is 1. The quantitative estimate of drug-likeness (QED) is 0.856. The van der Waals surface area contributed by atoms with Gasteiger partial charge in [-0.2, -0.15) is 0 Å². The van der Waals surface area contributed by atoms with Gasteiger partial charge in [0.05, 0.1) is 5.54 Å². The molecule has 0 aliphatic heterocycles. The molecule has 0 heterocycles. The average Bonchev–Trinajstić information content (AvgIpc) is 2.33. The van der Waals surface area contributed by atoms with Crippen LogP contribution in [0.25, 0.3) is 0 Å². The number of rotatable bonds is 2. The fraction of sp³-hybridized carbons (Fsp3) is 0.200. The van der Waals surface area contributed by atoms with Gasteiger partial charge in [0.2, 0.25) is 0 Å². The fourth-order valence-corrected chi connectivity index (χ4v) is 2.32. The predicted octanol–water partition coefficient (Wildman–Crippen LogP) is 4.63. The van der Waals surface area contributed by atoms with E-state index in [0.717, 1.165) is 26.2 Å². The van der Waals surface area contributed by atoms with Crippen LogP contribution in [0.2, 0.25) is 5.02 Å². The molecule has 0 saturated carbocycles. The third-order valence-electron chi connectivity index (χ3n) is 3.22. The van der Waals surface area contributed by atoms with Crippen molar-refractivity contribution in [1.82, 2.24) is 0 Å². The highest BCUT2D eigenvalue weighted by Gasteiger charge is 2.24. The molecule has 0 bridgehead atoms. The summed E-state index contributed by atoms with van der Waals surface area (Å²) in [5, 5.41) is 0.751. The zero-order valence-corrected chi connectivity index (χ0v) is 12.7. The highest BCUT2D eigenvalue weighted by Crippen LogP contribution is 2.30. The summed E-state index contributed by atoms with van der Waals surface area (Å²) >= 11 is 9.60. The molecule has 18 heavy (non-hydrogen) atoms. The molecule has 1 atom stereocenters. The van der Waals surface area contributed by atoms with Gasteiger partial charge in [0.25, 0.3) is 0 Å². The zero-order chi connectivity index (χ0) is 13.3. The van der Waals surface area contributed by atoms with Crippen molar-refractivity contribution in [3.63, 3.8) is 0 Å². The molecule has 0 fully saturated rings. The van der Waals surface area contributed by atoms with Gasteiger partial charge in [-0.25, -0.2) is 0 Å². The van der Waals surface area contributed by atoms with Gasteiger partial charge in [-0.15, -0.1) is 0 Å². The first kappa shape index (κ1) is 13.6. The van der Waals surface area contributed by atoms with E-state index >= 15 is 0 Å². The maximum atomic E-state index is 6.45. The van der Waals surface area contributed by atoms with Crippen molar-refractivity contribution in [2.45, 2.75) is 19.4 Å². The molecule has 0 aliphatic rings. The van der Waals surface area contributed by atoms with Crippen molar-refractivity contribution in [2.75, 3.05) is 0 Å². The van der Waals surface area contributed by atoms with Crippen LogP contribution in [-0.4, -0.2) is 0 Å². The van der Waals surface area contributed by atoms with E-state index in [-0.39, 0.29) is 0 Å². The van der Waals surface area contributed by atoms with Crippen LogP contribution in [0.4, 0.5) is 0 Å². The second-order valence-corrected chi connectivity index (χ2v) is 6.00. The first-order chi connectivity index (χ1) is 8.41. The third kappa shape index (κ3) is 2.61. The van der Waals surface area contributed by atoms with Crippen molar-refractivity contribution in [3.05, 3.63) is 68.7 Å². The molecule has 0 radical (unpaired) electrons. The molecule has 0 aliphatic carbocycles. The average molecular weight is 325 g/mol. The lowest BCUT2D eigenvalue weighted by atomic mass is 9.85. The Balaban J connectivity index is 2.46. The van der Waals surface area contributed by atoms with E-state index in [1.807, 2.05) is 56.3 Å². The SMILES string of the molecule is Cc1ccc(C(C)(N)c2ccc(Br)cc2)cc1Cl. The summed E-state index contributed by atoms with van der Waals surface area (Å²) in [7, 11) is 0. The van der Waals surface area contributed by atoms with E-state index in [4.69, 9.17) is 17.3 Å². The Morgan fingerprint density at radius 2 is 1.61 bits per heavy atom. The molecule has 2 aromatic carbocycles. The van der Waals surface area contributed by atoms with Crippen molar-refractivity contribution in [3.8, 4) is 0 Å². The van der Waals surface area contributed by atoms with E-state index in [1.54, 1.807) is 0 Å². The topological polar surface area (TPSA) is 26.0 Å². The van der Waals surface area contributed by atoms with Crippen LogP contribution >= 0.6 is 27.5 Å². The van der Waals surface area contributed by atoms with Gasteiger partial charge in [-0.3, -0.25) is 0 Å². The van der Waals surface area contributed by atoms with Crippen LogP contribution in [0.5, 0.6) is 0 Å². The highest BCUT2D eigenvalue weighted by molar-refractivity contribution is 9.10. The molecule has 2 aromatic rings. The Morgan fingerprint density at radius 3 is 2.17 bits per heavy atom. The van der Waals surface area contributed by atoms with E-state index in [2.05, 4.69) is 15.9 Å². The van der Waals surface area contributed by atoms with Crippen molar-refractivity contribution in [2.24, 2.45) is 5.73 Å². The Bertz CT molecular complexity index is 561. The second kappa shape index (κ2) is 5.04. The normalized spacial score (nSPS) is 14.3. The van der Waals surface area contributed by atoms with Gasteiger partial charge in [0.15, 0.2) is 0 Å². The Labute approximate surface area is 121 Å². The minimum atomic E-state index is -0.544. The molecule has 0 amide bonds. The van der Waals surface area contributed by atoms with E-state index in [1.165, 1.54) is 0 Å². The molecule has 94 valence electrons.